The Hall–Kier alpha value is -0.316. The number of hydrogen-bond acceptors (Lipinski definition) is 5. The predicted molar refractivity (Wildman–Crippen MR) is 150 cm³/mol. The molecule has 0 aromatic carbocycles. The molecule has 0 radical (unpaired) electrons. The molecule has 0 amide bonds. The van der Waals surface area contributed by atoms with E-state index in [4.69, 9.17) is 18.3 Å². The van der Waals surface area contributed by atoms with Crippen molar-refractivity contribution in [1.29, 1.82) is 0 Å². The summed E-state index contributed by atoms with van der Waals surface area (Å²) in [5.41, 5.74) is 0. The second kappa shape index (κ2) is 12.5. The van der Waals surface area contributed by atoms with Gasteiger partial charge in [0.2, 0.25) is 0 Å². The van der Waals surface area contributed by atoms with Crippen molar-refractivity contribution in [3.63, 3.8) is 0 Å². The van der Waals surface area contributed by atoms with Crippen LogP contribution in [-0.4, -0.2) is 54.6 Å². The van der Waals surface area contributed by atoms with Crippen LogP contribution in [0.15, 0.2) is 12.2 Å². The number of rotatable bonds is 11. The van der Waals surface area contributed by atoms with E-state index in [0.717, 1.165) is 45.0 Å². The summed E-state index contributed by atoms with van der Waals surface area (Å²) in [5, 5.41) is 0.233. The second-order valence-electron chi connectivity index (χ2n) is 13.6. The molecule has 5 atom stereocenters. The van der Waals surface area contributed by atoms with Gasteiger partial charge in [0.05, 0.1) is 18.8 Å². The molecule has 0 bridgehead atoms. The van der Waals surface area contributed by atoms with Crippen LogP contribution in [0, 0.1) is 11.8 Å². The third-order valence-electron chi connectivity index (χ3n) is 8.83. The van der Waals surface area contributed by atoms with E-state index in [9.17, 15) is 4.79 Å². The molecular formula is C28H54O5Si2. The summed E-state index contributed by atoms with van der Waals surface area (Å²) in [7, 11) is -3.97. The predicted octanol–water partition coefficient (Wildman–Crippen LogP) is 7.48. The highest BCUT2D eigenvalue weighted by Crippen LogP contribution is 2.46. The Morgan fingerprint density at radius 3 is 2.00 bits per heavy atom. The van der Waals surface area contributed by atoms with Gasteiger partial charge in [-0.15, -0.1) is 0 Å². The molecule has 0 aromatic heterocycles. The highest BCUT2D eigenvalue weighted by Gasteiger charge is 2.51. The van der Waals surface area contributed by atoms with Crippen molar-refractivity contribution < 1.29 is 23.1 Å². The first kappa shape index (κ1) is 30.9. The summed E-state index contributed by atoms with van der Waals surface area (Å²) in [6.07, 6.45) is 11.3. The SMILES string of the molecule is CC(C)(C)[Si](C)(C)O[C@H]1C[C@@H](O[Si](C)(C)C(C)(C)C)[C@H](C/C=C\CCOC2CCCCO2)[C@@H]1C=O. The number of carbonyl (C=O) groups excluding carboxylic acids is 1. The zero-order chi connectivity index (χ0) is 26.5. The van der Waals surface area contributed by atoms with Gasteiger partial charge in [0.15, 0.2) is 22.9 Å². The molecule has 0 aromatic rings. The summed E-state index contributed by atoms with van der Waals surface area (Å²) in [4.78, 5) is 12.4. The lowest BCUT2D eigenvalue weighted by molar-refractivity contribution is -0.161. The van der Waals surface area contributed by atoms with Crippen molar-refractivity contribution in [3.05, 3.63) is 12.2 Å². The number of allylic oxidation sites excluding steroid dienone is 1. The standard InChI is InChI=1S/C28H54O5Si2/c1-27(2,3)34(7,8)32-24-20-25(33-35(9,10)28(4,5)6)23(21-29)22(24)16-12-11-14-18-30-26-17-13-15-19-31-26/h11-12,21-26H,13-20H2,1-10H3/b12-11-/t22-,23+,24-,25+,26?/m1/s1. The van der Waals surface area contributed by atoms with Crippen molar-refractivity contribution in [2.24, 2.45) is 11.8 Å². The van der Waals surface area contributed by atoms with E-state index >= 15 is 0 Å². The van der Waals surface area contributed by atoms with E-state index in [1.54, 1.807) is 0 Å². The fourth-order valence-corrected chi connectivity index (χ4v) is 7.18. The smallest absolute Gasteiger partial charge is 0.192 e. The minimum absolute atomic E-state index is 0.0398. The number of ether oxygens (including phenoxy) is 2. The quantitative estimate of drug-likeness (QED) is 0.121. The summed E-state index contributed by atoms with van der Waals surface area (Å²) in [6.45, 7) is 24.3. The molecule has 1 aliphatic carbocycles. The molecule has 1 aliphatic heterocycles. The van der Waals surface area contributed by atoms with Gasteiger partial charge in [-0.1, -0.05) is 53.7 Å². The first-order valence-electron chi connectivity index (χ1n) is 13.8. The maximum Gasteiger partial charge on any atom is 0.192 e. The highest BCUT2D eigenvalue weighted by atomic mass is 28.4. The van der Waals surface area contributed by atoms with Crippen LogP contribution in [0.25, 0.3) is 0 Å². The molecule has 2 aliphatic rings. The average Bonchev–Trinajstić information content (AvgIpc) is 3.04. The van der Waals surface area contributed by atoms with E-state index < -0.39 is 16.6 Å². The maximum atomic E-state index is 12.4. The van der Waals surface area contributed by atoms with Crippen LogP contribution in [0.5, 0.6) is 0 Å². The molecule has 2 rings (SSSR count). The van der Waals surface area contributed by atoms with Crippen LogP contribution in [0.3, 0.4) is 0 Å². The van der Waals surface area contributed by atoms with Crippen LogP contribution in [0.2, 0.25) is 36.3 Å². The number of carbonyl (C=O) groups is 1. The maximum absolute atomic E-state index is 12.4. The molecular weight excluding hydrogens is 472 g/mol. The van der Waals surface area contributed by atoms with E-state index in [1.165, 1.54) is 6.42 Å². The Labute approximate surface area is 218 Å². The van der Waals surface area contributed by atoms with Gasteiger partial charge in [0.1, 0.15) is 6.29 Å². The van der Waals surface area contributed by atoms with Crippen molar-refractivity contribution >= 4 is 22.9 Å². The third kappa shape index (κ3) is 8.61. The monoisotopic (exact) mass is 526 g/mol. The van der Waals surface area contributed by atoms with E-state index in [2.05, 4.69) is 79.9 Å². The van der Waals surface area contributed by atoms with Crippen LogP contribution in [-0.2, 0) is 23.1 Å². The largest absolute Gasteiger partial charge is 0.414 e. The Morgan fingerprint density at radius 2 is 1.49 bits per heavy atom. The topological polar surface area (TPSA) is 54.0 Å². The lowest BCUT2D eigenvalue weighted by Gasteiger charge is -2.40. The van der Waals surface area contributed by atoms with Gasteiger partial charge in [-0.25, -0.2) is 0 Å². The molecule has 1 heterocycles. The highest BCUT2D eigenvalue weighted by molar-refractivity contribution is 6.74. The lowest BCUT2D eigenvalue weighted by atomic mass is 9.91. The Bertz CT molecular complexity index is 686. The molecule has 1 saturated heterocycles. The zero-order valence-corrected chi connectivity index (χ0v) is 26.3. The molecule has 1 unspecified atom stereocenters. The van der Waals surface area contributed by atoms with Crippen LogP contribution >= 0.6 is 0 Å². The van der Waals surface area contributed by atoms with Crippen molar-refractivity contribution in [2.45, 2.75) is 135 Å². The molecule has 5 nitrogen and oxygen atoms in total. The lowest BCUT2D eigenvalue weighted by Crippen LogP contribution is -2.45. The Kier molecular flexibility index (Phi) is 11.0. The minimum atomic E-state index is -2.00. The molecule has 204 valence electrons. The first-order valence-corrected chi connectivity index (χ1v) is 19.6. The van der Waals surface area contributed by atoms with Crippen molar-refractivity contribution in [1.82, 2.24) is 0 Å². The van der Waals surface area contributed by atoms with Gasteiger partial charge < -0.3 is 23.1 Å². The molecule has 1 saturated carbocycles. The first-order chi connectivity index (χ1) is 16.1. The Morgan fingerprint density at radius 1 is 0.886 bits per heavy atom. The fraction of sp³-hybridized carbons (Fsp3) is 0.893. The molecule has 35 heavy (non-hydrogen) atoms. The third-order valence-corrected chi connectivity index (χ3v) is 17.8. The van der Waals surface area contributed by atoms with Crippen LogP contribution in [0.1, 0.15) is 80.1 Å². The van der Waals surface area contributed by atoms with Gasteiger partial charge in [0, 0.05) is 12.5 Å². The summed E-state index contributed by atoms with van der Waals surface area (Å²) in [6, 6.07) is 0. The molecule has 0 N–H and O–H groups in total. The van der Waals surface area contributed by atoms with Crippen LogP contribution < -0.4 is 0 Å². The molecule has 0 spiro atoms. The summed E-state index contributed by atoms with van der Waals surface area (Å²) >= 11 is 0. The van der Waals surface area contributed by atoms with Gasteiger partial charge >= 0.3 is 0 Å². The number of hydrogen-bond donors (Lipinski definition) is 0. The summed E-state index contributed by atoms with van der Waals surface area (Å²) < 4.78 is 25.3. The van der Waals surface area contributed by atoms with Crippen molar-refractivity contribution in [2.75, 3.05) is 13.2 Å². The van der Waals surface area contributed by atoms with E-state index in [1.807, 2.05) is 0 Å². The van der Waals surface area contributed by atoms with Gasteiger partial charge in [0.25, 0.3) is 0 Å². The van der Waals surface area contributed by atoms with Gasteiger partial charge in [-0.05, 0) is 80.7 Å². The van der Waals surface area contributed by atoms with E-state index in [0.29, 0.717) is 6.61 Å². The Balaban J connectivity index is 2.08. The number of aldehydes is 1. The molecule has 2 fully saturated rings. The molecule has 7 heteroatoms. The van der Waals surface area contributed by atoms with Crippen molar-refractivity contribution in [3.8, 4) is 0 Å². The average molecular weight is 527 g/mol. The van der Waals surface area contributed by atoms with E-state index in [-0.39, 0.29) is 40.4 Å². The zero-order valence-electron chi connectivity index (χ0n) is 24.3. The normalized spacial score (nSPS) is 29.1. The van der Waals surface area contributed by atoms with Crippen LogP contribution in [0.4, 0.5) is 0 Å². The fourth-order valence-electron chi connectivity index (χ4n) is 4.44. The van der Waals surface area contributed by atoms with Gasteiger partial charge in [-0.2, -0.15) is 0 Å². The minimum Gasteiger partial charge on any atom is -0.414 e. The van der Waals surface area contributed by atoms with Gasteiger partial charge in [-0.3, -0.25) is 0 Å². The second-order valence-corrected chi connectivity index (χ2v) is 23.1. The summed E-state index contributed by atoms with van der Waals surface area (Å²) in [5.74, 6) is 0.0191.